The molecule has 0 fully saturated rings. The molecule has 3 heterocycles. The largest absolute Gasteiger partial charge is 0.309 e. The van der Waals surface area contributed by atoms with Crippen LogP contribution in [0.4, 0.5) is 0 Å². The summed E-state index contributed by atoms with van der Waals surface area (Å²) in [6.07, 6.45) is 9.19. The van der Waals surface area contributed by atoms with E-state index < -0.39 is 0 Å². The summed E-state index contributed by atoms with van der Waals surface area (Å²) in [7, 11) is 0. The van der Waals surface area contributed by atoms with Gasteiger partial charge in [-0.1, -0.05) is 273 Å². The summed E-state index contributed by atoms with van der Waals surface area (Å²) in [5.74, 6) is 0. The Bertz CT molecular complexity index is 6500. The van der Waals surface area contributed by atoms with Gasteiger partial charge < -0.3 is 4.57 Å². The van der Waals surface area contributed by atoms with E-state index in [1.54, 1.807) is 0 Å². The van der Waals surface area contributed by atoms with E-state index in [1.165, 1.54) is 184 Å². The van der Waals surface area contributed by atoms with E-state index in [0.29, 0.717) is 0 Å². The Morgan fingerprint density at radius 3 is 0.901 bits per heavy atom. The maximum Gasteiger partial charge on any atom is 0.0541 e. The van der Waals surface area contributed by atoms with Crippen molar-refractivity contribution in [1.29, 1.82) is 0 Å². The van der Waals surface area contributed by atoms with Gasteiger partial charge in [0.05, 0.1) is 11.0 Å². The zero-order valence-electron chi connectivity index (χ0n) is 55.2. The lowest BCUT2D eigenvalue weighted by molar-refractivity contribution is 1.04. The van der Waals surface area contributed by atoms with Crippen molar-refractivity contribution in [3.8, 4) is 106 Å². The summed E-state index contributed by atoms with van der Waals surface area (Å²) < 4.78 is 7.67. The highest BCUT2D eigenvalue weighted by molar-refractivity contribution is 7.27. The first-order valence-corrected chi connectivity index (χ1v) is 36.6. The molecule has 0 amide bonds. The quantitative estimate of drug-likeness (QED) is 0.114. The molecule has 0 aliphatic heterocycles. The van der Waals surface area contributed by atoms with E-state index in [9.17, 15) is 0 Å². The van der Waals surface area contributed by atoms with Crippen molar-refractivity contribution in [2.75, 3.05) is 0 Å². The van der Waals surface area contributed by atoms with Crippen LogP contribution < -0.4 is 0 Å². The van der Waals surface area contributed by atoms with Gasteiger partial charge in [0.15, 0.2) is 0 Å². The van der Waals surface area contributed by atoms with Crippen LogP contribution >= 0.6 is 22.7 Å². The molecule has 1 aliphatic carbocycles. The zero-order valence-corrected chi connectivity index (χ0v) is 56.9. The average Bonchev–Trinajstić information content (AvgIpc) is 1.45. The minimum Gasteiger partial charge on any atom is -0.309 e. The van der Waals surface area contributed by atoms with Gasteiger partial charge >= 0.3 is 0 Å². The molecule has 1 nitrogen and oxygen atoms in total. The van der Waals surface area contributed by atoms with Crippen molar-refractivity contribution < 1.29 is 0 Å². The number of hydrogen-bond donors (Lipinski definition) is 0. The first kappa shape index (κ1) is 58.9. The van der Waals surface area contributed by atoms with Gasteiger partial charge in [0, 0.05) is 79.1 Å². The second-order valence-corrected chi connectivity index (χ2v) is 28.9. The van der Waals surface area contributed by atoms with Gasteiger partial charge in [-0.15, -0.1) is 22.7 Å². The lowest BCUT2D eigenvalue weighted by Gasteiger charge is -2.18. The van der Waals surface area contributed by atoms with Gasteiger partial charge in [-0.25, -0.2) is 0 Å². The highest BCUT2D eigenvalue weighted by atomic mass is 32.1. The number of fused-ring (bicyclic) bond motifs is 11. The fourth-order valence-electron chi connectivity index (χ4n) is 16.2. The van der Waals surface area contributed by atoms with Crippen molar-refractivity contribution in [1.82, 2.24) is 4.57 Å². The van der Waals surface area contributed by atoms with E-state index in [2.05, 4.69) is 363 Å². The molecule has 0 N–H and O–H groups in total. The maximum absolute atomic E-state index is 2.52. The second-order valence-electron chi connectivity index (χ2n) is 26.8. The van der Waals surface area contributed by atoms with Gasteiger partial charge in [0.1, 0.15) is 0 Å². The number of benzene rings is 16. The third-order valence-corrected chi connectivity index (χ3v) is 23.5. The molecule has 0 radical (unpaired) electrons. The molecule has 472 valence electrons. The van der Waals surface area contributed by atoms with Crippen LogP contribution in [0.3, 0.4) is 0 Å². The van der Waals surface area contributed by atoms with Crippen molar-refractivity contribution in [2.45, 2.75) is 12.8 Å². The van der Waals surface area contributed by atoms with Crippen molar-refractivity contribution in [3.63, 3.8) is 0 Å². The second kappa shape index (κ2) is 24.3. The van der Waals surface area contributed by atoms with Crippen LogP contribution in [0.25, 0.3) is 195 Å². The van der Waals surface area contributed by atoms with Crippen molar-refractivity contribution in [3.05, 3.63) is 364 Å². The van der Waals surface area contributed by atoms with Crippen LogP contribution in [0.15, 0.2) is 358 Å². The molecular formula is C98H63NS2. The summed E-state index contributed by atoms with van der Waals surface area (Å²) in [5.41, 5.74) is 27.9. The van der Waals surface area contributed by atoms with E-state index in [-0.39, 0.29) is 0 Å². The minimum atomic E-state index is 1.02. The van der Waals surface area contributed by atoms with E-state index in [4.69, 9.17) is 0 Å². The molecule has 19 aromatic rings. The van der Waals surface area contributed by atoms with Crippen LogP contribution in [-0.2, 0) is 0 Å². The van der Waals surface area contributed by atoms with E-state index in [1.807, 2.05) is 22.7 Å². The molecule has 0 unspecified atom stereocenters. The topological polar surface area (TPSA) is 4.93 Å². The molecule has 0 atom stereocenters. The number of nitrogens with zero attached hydrogens (tertiary/aromatic N) is 1. The molecule has 101 heavy (non-hydrogen) atoms. The Kier molecular flexibility index (Phi) is 14.2. The first-order chi connectivity index (χ1) is 50.1. The molecule has 16 aromatic carbocycles. The molecule has 0 saturated carbocycles. The van der Waals surface area contributed by atoms with Crippen molar-refractivity contribution >= 4 is 112 Å². The Balaban J connectivity index is 0.838. The highest BCUT2D eigenvalue weighted by Gasteiger charge is 2.25. The summed E-state index contributed by atoms with van der Waals surface area (Å²) >= 11 is 3.86. The van der Waals surface area contributed by atoms with Crippen molar-refractivity contribution in [2.24, 2.45) is 0 Å². The smallest absolute Gasteiger partial charge is 0.0541 e. The Hall–Kier alpha value is -12.2. The van der Waals surface area contributed by atoms with Crippen LogP contribution in [-0.4, -0.2) is 4.57 Å². The van der Waals surface area contributed by atoms with Gasteiger partial charge in [-0.2, -0.15) is 0 Å². The number of allylic oxidation sites excluding steroid dienone is 4. The van der Waals surface area contributed by atoms with Gasteiger partial charge in [0.25, 0.3) is 0 Å². The fourth-order valence-corrected chi connectivity index (χ4v) is 18.9. The first-order valence-electron chi connectivity index (χ1n) is 35.0. The Morgan fingerprint density at radius 1 is 0.218 bits per heavy atom. The molecule has 20 rings (SSSR count). The zero-order chi connectivity index (χ0) is 66.5. The monoisotopic (exact) mass is 1320 g/mol. The number of aromatic nitrogens is 1. The third kappa shape index (κ3) is 10.0. The molecule has 0 bridgehead atoms. The van der Waals surface area contributed by atoms with Gasteiger partial charge in [0.2, 0.25) is 0 Å². The number of hydrogen-bond acceptors (Lipinski definition) is 2. The van der Waals surface area contributed by atoms with Gasteiger partial charge in [-0.3, -0.25) is 0 Å². The SMILES string of the molecule is C1=CC(c2cc(-c3ccc4c(c3)c3cc(-c5cc(-c6ccccc6)cc6c5sc5c(-c7ccccc7)cc(-c7ccccc7)cc56)ccc3n4-c3ccc(-c4c5ccccc5c(-c5ccccc5)c5ccccc45)cc3)c3sc4c(-c5ccccc5)cc(-c5ccccc5)cc4c3c2)=CCC1. The van der Waals surface area contributed by atoms with E-state index in [0.717, 1.165) is 29.6 Å². The van der Waals surface area contributed by atoms with Crippen LogP contribution in [0, 0.1) is 0 Å². The maximum atomic E-state index is 2.52. The lowest BCUT2D eigenvalue weighted by atomic mass is 9.86. The number of thiophene rings is 2. The summed E-state index contributed by atoms with van der Waals surface area (Å²) in [4.78, 5) is 0. The predicted octanol–water partition coefficient (Wildman–Crippen LogP) is 28.6. The molecule has 3 heteroatoms. The lowest BCUT2D eigenvalue weighted by Crippen LogP contribution is -1.95. The normalized spacial score (nSPS) is 12.5. The summed E-state index contributed by atoms with van der Waals surface area (Å²) in [5, 5.41) is 12.5. The molecule has 0 spiro atoms. The number of rotatable bonds is 11. The third-order valence-electron chi connectivity index (χ3n) is 21.0. The Labute approximate surface area is 594 Å². The molecule has 3 aromatic heterocycles. The molecule has 1 aliphatic rings. The van der Waals surface area contributed by atoms with Crippen LogP contribution in [0.5, 0.6) is 0 Å². The Morgan fingerprint density at radius 2 is 0.525 bits per heavy atom. The molecular weight excluding hydrogens is 1260 g/mol. The van der Waals surface area contributed by atoms with Gasteiger partial charge in [-0.05, 0) is 208 Å². The summed E-state index contributed by atoms with van der Waals surface area (Å²) in [6.45, 7) is 0. The van der Waals surface area contributed by atoms with E-state index >= 15 is 0 Å². The fraction of sp³-hybridized carbons (Fsp3) is 0.0204. The molecule has 0 saturated heterocycles. The van der Waals surface area contributed by atoms with Crippen LogP contribution in [0.2, 0.25) is 0 Å². The highest BCUT2D eigenvalue weighted by Crippen LogP contribution is 2.52. The predicted molar refractivity (Wildman–Crippen MR) is 437 cm³/mol. The average molecular weight is 1320 g/mol. The van der Waals surface area contributed by atoms with Crippen LogP contribution in [0.1, 0.15) is 18.4 Å². The minimum absolute atomic E-state index is 1.02. The summed E-state index contributed by atoms with van der Waals surface area (Å²) in [6, 6.07) is 127. The standard InChI is InChI=1S/C98H63NS2/c1-8-26-62(27-9-1)72-54-81(66-34-16-5-17-35-66)95-87(58-72)89-60-74(64-30-12-3-13-31-64)56-83(97(89)100-95)70-46-50-91-85(52-70)86-53-71(47-51-92(86)99(91)76-48-44-69(45-49-76)94-79-42-24-22-40-77(79)93(68-38-20-7-21-39-68)78-41-23-25-43-80(78)94)84-57-75(65-32-14-4-15-33-65)61-90-88-59-73(63-28-10-2-11-29-63)55-82(96(88)101-98(84)90)67-36-18-6-19-37-67/h1-3,5-14,16-61H,4,15H2.